The van der Waals surface area contributed by atoms with Gasteiger partial charge in [0.05, 0.1) is 12.7 Å². The van der Waals surface area contributed by atoms with Crippen LogP contribution in [-0.2, 0) is 18.6 Å². The van der Waals surface area contributed by atoms with Gasteiger partial charge in [-0.2, -0.15) is 0 Å². The van der Waals surface area contributed by atoms with Crippen LogP contribution in [0.15, 0.2) is 24.4 Å². The Morgan fingerprint density at radius 1 is 1.50 bits per heavy atom. The van der Waals surface area contributed by atoms with Gasteiger partial charge in [-0.05, 0) is 32.0 Å². The summed E-state index contributed by atoms with van der Waals surface area (Å²) in [6.45, 7) is 3.83. The minimum atomic E-state index is -1.01. The molecule has 0 amide bonds. The highest BCUT2D eigenvalue weighted by atomic mass is 19.1. The van der Waals surface area contributed by atoms with Crippen LogP contribution in [0, 0.1) is 5.82 Å². The van der Waals surface area contributed by atoms with Crippen LogP contribution >= 0.6 is 0 Å². The van der Waals surface area contributed by atoms with E-state index in [2.05, 4.69) is 10.3 Å². The number of rotatable bonds is 3. The van der Waals surface area contributed by atoms with E-state index in [1.165, 1.54) is 12.1 Å². The molecule has 0 saturated carbocycles. The van der Waals surface area contributed by atoms with Crippen molar-refractivity contribution in [2.75, 3.05) is 0 Å². The first kappa shape index (κ1) is 13.1. The molecule has 1 aliphatic rings. The Morgan fingerprint density at radius 2 is 2.30 bits per heavy atom. The number of benzene rings is 1. The van der Waals surface area contributed by atoms with Gasteiger partial charge in [-0.1, -0.05) is 5.21 Å². The van der Waals surface area contributed by atoms with Crippen LogP contribution in [0.25, 0.3) is 0 Å². The molecule has 2 heterocycles. The first-order chi connectivity index (χ1) is 9.41. The van der Waals surface area contributed by atoms with Gasteiger partial charge in [-0.25, -0.2) is 9.07 Å². The number of nitrogens with zero attached hydrogens (tertiary/aromatic N) is 3. The quantitative estimate of drug-likeness (QED) is 0.926. The van der Waals surface area contributed by atoms with Gasteiger partial charge < -0.3 is 9.84 Å². The standard InChI is InChI=1S/C14H16FN3O2/c1-14(2,19)13-8-18(17-16-13)7-11-6-9-5-10(15)3-4-12(9)20-11/h3-5,8,11,19H,6-7H2,1-2H3. The third kappa shape index (κ3) is 2.51. The van der Waals surface area contributed by atoms with Crippen molar-refractivity contribution in [3.63, 3.8) is 0 Å². The maximum absolute atomic E-state index is 13.1. The van der Waals surface area contributed by atoms with Crippen LogP contribution in [0.2, 0.25) is 0 Å². The third-order valence-electron chi connectivity index (χ3n) is 3.32. The Balaban J connectivity index is 1.70. The molecule has 1 atom stereocenters. The highest BCUT2D eigenvalue weighted by molar-refractivity contribution is 5.37. The van der Waals surface area contributed by atoms with Gasteiger partial charge in [0.15, 0.2) is 0 Å². The summed E-state index contributed by atoms with van der Waals surface area (Å²) in [5.74, 6) is 0.470. The summed E-state index contributed by atoms with van der Waals surface area (Å²) in [5.41, 5.74) is 0.373. The van der Waals surface area contributed by atoms with Crippen molar-refractivity contribution in [2.24, 2.45) is 0 Å². The molecular formula is C14H16FN3O2. The molecule has 0 radical (unpaired) electrons. The molecule has 0 fully saturated rings. The number of hydrogen-bond acceptors (Lipinski definition) is 4. The predicted octanol–water partition coefficient (Wildman–Crippen LogP) is 1.65. The zero-order valence-corrected chi connectivity index (χ0v) is 11.4. The van der Waals surface area contributed by atoms with E-state index in [1.54, 1.807) is 30.8 Å². The average Bonchev–Trinajstić information content (AvgIpc) is 2.94. The van der Waals surface area contributed by atoms with Crippen molar-refractivity contribution in [3.8, 4) is 5.75 Å². The SMILES string of the molecule is CC(C)(O)c1cn(CC2Cc3cc(F)ccc3O2)nn1. The number of halogens is 1. The molecule has 1 N–H and O–H groups in total. The Bertz CT molecular complexity index is 634. The van der Waals surface area contributed by atoms with Crippen molar-refractivity contribution in [1.82, 2.24) is 15.0 Å². The zero-order chi connectivity index (χ0) is 14.3. The largest absolute Gasteiger partial charge is 0.488 e. The molecule has 6 heteroatoms. The number of aliphatic hydroxyl groups is 1. The fourth-order valence-corrected chi connectivity index (χ4v) is 2.27. The molecule has 2 aromatic rings. The van der Waals surface area contributed by atoms with Gasteiger partial charge in [0, 0.05) is 12.0 Å². The number of aromatic nitrogens is 3. The van der Waals surface area contributed by atoms with E-state index in [1.807, 2.05) is 0 Å². The summed E-state index contributed by atoms with van der Waals surface area (Å²) in [4.78, 5) is 0. The third-order valence-corrected chi connectivity index (χ3v) is 3.32. The Kier molecular flexibility index (Phi) is 2.97. The van der Waals surface area contributed by atoms with Gasteiger partial charge in [0.1, 0.15) is 29.0 Å². The maximum atomic E-state index is 13.1. The van der Waals surface area contributed by atoms with E-state index in [4.69, 9.17) is 4.74 Å². The van der Waals surface area contributed by atoms with Crippen LogP contribution in [0.3, 0.4) is 0 Å². The van der Waals surface area contributed by atoms with Crippen molar-refractivity contribution in [3.05, 3.63) is 41.5 Å². The lowest BCUT2D eigenvalue weighted by Gasteiger charge is -2.12. The molecule has 0 aliphatic carbocycles. The average molecular weight is 277 g/mol. The number of hydrogen-bond donors (Lipinski definition) is 1. The highest BCUT2D eigenvalue weighted by Crippen LogP contribution is 2.29. The van der Waals surface area contributed by atoms with Crippen molar-refractivity contribution >= 4 is 0 Å². The molecule has 0 bridgehead atoms. The van der Waals surface area contributed by atoms with Crippen molar-refractivity contribution in [2.45, 2.75) is 38.5 Å². The maximum Gasteiger partial charge on any atom is 0.123 e. The second-order valence-corrected chi connectivity index (χ2v) is 5.58. The zero-order valence-electron chi connectivity index (χ0n) is 11.4. The van der Waals surface area contributed by atoms with E-state index >= 15 is 0 Å². The lowest BCUT2D eigenvalue weighted by Crippen LogP contribution is -2.21. The van der Waals surface area contributed by atoms with Gasteiger partial charge in [0.25, 0.3) is 0 Å². The molecule has 3 rings (SSSR count). The summed E-state index contributed by atoms with van der Waals surface area (Å²) >= 11 is 0. The van der Waals surface area contributed by atoms with Gasteiger partial charge in [0.2, 0.25) is 0 Å². The molecule has 5 nitrogen and oxygen atoms in total. The molecular weight excluding hydrogens is 261 g/mol. The molecule has 1 unspecified atom stereocenters. The van der Waals surface area contributed by atoms with E-state index < -0.39 is 5.60 Å². The van der Waals surface area contributed by atoms with E-state index in [0.29, 0.717) is 18.7 Å². The monoisotopic (exact) mass is 277 g/mol. The highest BCUT2D eigenvalue weighted by Gasteiger charge is 2.25. The predicted molar refractivity (Wildman–Crippen MR) is 69.8 cm³/mol. The summed E-state index contributed by atoms with van der Waals surface area (Å²) in [6.07, 6.45) is 2.25. The Morgan fingerprint density at radius 3 is 3.00 bits per heavy atom. The topological polar surface area (TPSA) is 60.2 Å². The second-order valence-electron chi connectivity index (χ2n) is 5.58. The van der Waals surface area contributed by atoms with Crippen LogP contribution in [-0.4, -0.2) is 26.2 Å². The van der Waals surface area contributed by atoms with Gasteiger partial charge in [-0.15, -0.1) is 5.10 Å². The van der Waals surface area contributed by atoms with Crippen molar-refractivity contribution < 1.29 is 14.2 Å². The van der Waals surface area contributed by atoms with Crippen LogP contribution in [0.1, 0.15) is 25.1 Å². The van der Waals surface area contributed by atoms with Crippen LogP contribution < -0.4 is 4.74 Å². The number of ether oxygens (including phenoxy) is 1. The molecule has 0 spiro atoms. The second kappa shape index (κ2) is 4.56. The smallest absolute Gasteiger partial charge is 0.123 e. The molecule has 1 aromatic heterocycles. The molecule has 1 aromatic carbocycles. The minimum absolute atomic E-state index is 0.0943. The van der Waals surface area contributed by atoms with Gasteiger partial charge >= 0.3 is 0 Å². The van der Waals surface area contributed by atoms with E-state index in [0.717, 1.165) is 11.3 Å². The molecule has 1 aliphatic heterocycles. The molecule has 106 valence electrons. The summed E-state index contributed by atoms with van der Waals surface area (Å²) in [7, 11) is 0. The Labute approximate surface area is 116 Å². The van der Waals surface area contributed by atoms with E-state index in [-0.39, 0.29) is 11.9 Å². The number of fused-ring (bicyclic) bond motifs is 1. The van der Waals surface area contributed by atoms with Crippen LogP contribution in [0.4, 0.5) is 4.39 Å². The Hall–Kier alpha value is -1.95. The fourth-order valence-electron chi connectivity index (χ4n) is 2.27. The van der Waals surface area contributed by atoms with E-state index in [9.17, 15) is 9.50 Å². The summed E-state index contributed by atoms with van der Waals surface area (Å²) < 4.78 is 20.5. The first-order valence-corrected chi connectivity index (χ1v) is 6.50. The van der Waals surface area contributed by atoms with Gasteiger partial charge in [-0.3, -0.25) is 0 Å². The fraction of sp³-hybridized carbons (Fsp3) is 0.429. The summed E-state index contributed by atoms with van der Waals surface area (Å²) in [6, 6.07) is 4.54. The molecule has 0 saturated heterocycles. The van der Waals surface area contributed by atoms with Crippen molar-refractivity contribution in [1.29, 1.82) is 0 Å². The van der Waals surface area contributed by atoms with Crippen LogP contribution in [0.5, 0.6) is 5.75 Å². The first-order valence-electron chi connectivity index (χ1n) is 6.50. The normalized spacial score (nSPS) is 17.9. The lowest BCUT2D eigenvalue weighted by atomic mass is 10.1. The minimum Gasteiger partial charge on any atom is -0.488 e. The lowest BCUT2D eigenvalue weighted by molar-refractivity contribution is 0.0737. The summed E-state index contributed by atoms with van der Waals surface area (Å²) in [5, 5.41) is 17.8. The molecule has 20 heavy (non-hydrogen) atoms.